The van der Waals surface area contributed by atoms with Crippen molar-refractivity contribution in [3.63, 3.8) is 0 Å². The van der Waals surface area contributed by atoms with Gasteiger partial charge >= 0.3 is 0 Å². The molecular formula is C16H24N2O3. The summed E-state index contributed by atoms with van der Waals surface area (Å²) in [6.45, 7) is 5.51. The fourth-order valence-electron chi connectivity index (χ4n) is 1.91. The van der Waals surface area contributed by atoms with E-state index in [4.69, 9.17) is 5.11 Å². The van der Waals surface area contributed by atoms with Crippen LogP contribution in [0.2, 0.25) is 0 Å². The van der Waals surface area contributed by atoms with Crippen molar-refractivity contribution in [2.75, 3.05) is 18.6 Å². The molecule has 21 heavy (non-hydrogen) atoms. The van der Waals surface area contributed by atoms with Crippen molar-refractivity contribution >= 4 is 17.5 Å². The lowest BCUT2D eigenvalue weighted by atomic mass is 10.0. The summed E-state index contributed by atoms with van der Waals surface area (Å²) in [6.07, 6.45) is 0.379. The van der Waals surface area contributed by atoms with Gasteiger partial charge in [0.05, 0.1) is 11.3 Å². The molecule has 0 fully saturated rings. The van der Waals surface area contributed by atoms with Crippen LogP contribution in [-0.4, -0.2) is 36.6 Å². The van der Waals surface area contributed by atoms with Gasteiger partial charge in [-0.3, -0.25) is 9.59 Å². The largest absolute Gasteiger partial charge is 0.396 e. The van der Waals surface area contributed by atoms with Gasteiger partial charge in [0.15, 0.2) is 0 Å². The van der Waals surface area contributed by atoms with E-state index in [0.717, 1.165) is 0 Å². The van der Waals surface area contributed by atoms with Crippen molar-refractivity contribution in [3.8, 4) is 0 Å². The summed E-state index contributed by atoms with van der Waals surface area (Å²) >= 11 is 0. The number of aliphatic hydroxyl groups excluding tert-OH is 1. The first-order chi connectivity index (χ1) is 9.92. The fraction of sp³-hybridized carbons (Fsp3) is 0.500. The van der Waals surface area contributed by atoms with Crippen molar-refractivity contribution in [2.45, 2.75) is 33.2 Å². The number of hydrogen-bond donors (Lipinski definition) is 2. The molecule has 0 saturated carbocycles. The van der Waals surface area contributed by atoms with Gasteiger partial charge in [0.2, 0.25) is 5.91 Å². The summed E-state index contributed by atoms with van der Waals surface area (Å²) in [5, 5.41) is 12.0. The van der Waals surface area contributed by atoms with E-state index in [1.165, 1.54) is 4.90 Å². The smallest absolute Gasteiger partial charge is 0.253 e. The molecular weight excluding hydrogens is 268 g/mol. The van der Waals surface area contributed by atoms with Crippen LogP contribution in [0, 0.1) is 5.92 Å². The molecule has 2 N–H and O–H groups in total. The number of nitrogens with one attached hydrogen (secondary N) is 1. The minimum atomic E-state index is -0.242. The van der Waals surface area contributed by atoms with Crippen molar-refractivity contribution in [1.82, 2.24) is 5.32 Å². The second kappa shape index (κ2) is 7.78. The molecule has 0 aromatic heterocycles. The molecule has 1 aromatic carbocycles. The molecule has 5 nitrogen and oxygen atoms in total. The van der Waals surface area contributed by atoms with Gasteiger partial charge in [0.25, 0.3) is 5.91 Å². The minimum Gasteiger partial charge on any atom is -0.396 e. The Balaban J connectivity index is 2.97. The zero-order valence-electron chi connectivity index (χ0n) is 13.1. The van der Waals surface area contributed by atoms with Crippen LogP contribution in [0.5, 0.6) is 0 Å². The average molecular weight is 292 g/mol. The summed E-state index contributed by atoms with van der Waals surface area (Å²) in [5.74, 6) is -0.322. The number of carbonyl (C=O) groups is 2. The lowest BCUT2D eigenvalue weighted by Gasteiger charge is -2.23. The molecule has 5 heteroatoms. The predicted octanol–water partition coefficient (Wildman–Crippen LogP) is 1.81. The van der Waals surface area contributed by atoms with E-state index in [1.807, 2.05) is 13.8 Å². The lowest BCUT2D eigenvalue weighted by Crippen LogP contribution is -2.39. The van der Waals surface area contributed by atoms with Crippen molar-refractivity contribution < 1.29 is 14.7 Å². The van der Waals surface area contributed by atoms with E-state index in [9.17, 15) is 9.59 Å². The number of carbonyl (C=O) groups excluding carboxylic acids is 2. The molecule has 2 amide bonds. The summed E-state index contributed by atoms with van der Waals surface area (Å²) in [7, 11) is 1.66. The highest BCUT2D eigenvalue weighted by Crippen LogP contribution is 2.20. The fourth-order valence-corrected chi connectivity index (χ4v) is 1.91. The number of para-hydroxylation sites is 1. The highest BCUT2D eigenvalue weighted by Gasteiger charge is 2.20. The Morgan fingerprint density at radius 1 is 1.29 bits per heavy atom. The van der Waals surface area contributed by atoms with Gasteiger partial charge in [-0.25, -0.2) is 0 Å². The highest BCUT2D eigenvalue weighted by atomic mass is 16.3. The quantitative estimate of drug-likeness (QED) is 0.840. The van der Waals surface area contributed by atoms with E-state index in [0.29, 0.717) is 17.7 Å². The SMILES string of the molecule is CCC(=O)N(C)c1ccccc1C(=O)NC(C)C(C)CO. The minimum absolute atomic E-state index is 0.0112. The van der Waals surface area contributed by atoms with Gasteiger partial charge in [-0.15, -0.1) is 0 Å². The number of hydrogen-bond acceptors (Lipinski definition) is 3. The number of nitrogens with zero attached hydrogens (tertiary/aromatic N) is 1. The van der Waals surface area contributed by atoms with E-state index >= 15 is 0 Å². The third-order valence-corrected chi connectivity index (χ3v) is 3.69. The van der Waals surface area contributed by atoms with E-state index in [-0.39, 0.29) is 30.4 Å². The van der Waals surface area contributed by atoms with Gasteiger partial charge in [-0.1, -0.05) is 26.0 Å². The zero-order valence-corrected chi connectivity index (χ0v) is 13.1. The lowest BCUT2D eigenvalue weighted by molar-refractivity contribution is -0.118. The zero-order chi connectivity index (χ0) is 16.0. The third kappa shape index (κ3) is 4.29. The Labute approximate surface area is 126 Å². The van der Waals surface area contributed by atoms with Crippen LogP contribution in [0.15, 0.2) is 24.3 Å². The maximum atomic E-state index is 12.4. The second-order valence-electron chi connectivity index (χ2n) is 5.25. The number of anilines is 1. The van der Waals surface area contributed by atoms with Gasteiger partial charge in [0, 0.05) is 26.1 Å². The van der Waals surface area contributed by atoms with Gasteiger partial charge in [0.1, 0.15) is 0 Å². The van der Waals surface area contributed by atoms with Crippen LogP contribution >= 0.6 is 0 Å². The van der Waals surface area contributed by atoms with E-state index < -0.39 is 0 Å². The van der Waals surface area contributed by atoms with Crippen LogP contribution in [0.25, 0.3) is 0 Å². The molecule has 1 aromatic rings. The van der Waals surface area contributed by atoms with Crippen LogP contribution < -0.4 is 10.2 Å². The van der Waals surface area contributed by atoms with Crippen LogP contribution in [0.4, 0.5) is 5.69 Å². The number of rotatable bonds is 6. The average Bonchev–Trinajstić information content (AvgIpc) is 2.52. The summed E-state index contributed by atoms with van der Waals surface area (Å²) < 4.78 is 0. The van der Waals surface area contributed by atoms with Crippen LogP contribution in [0.1, 0.15) is 37.6 Å². The Morgan fingerprint density at radius 3 is 2.48 bits per heavy atom. The number of amides is 2. The van der Waals surface area contributed by atoms with Crippen LogP contribution in [-0.2, 0) is 4.79 Å². The molecule has 1 rings (SSSR count). The normalized spacial score (nSPS) is 13.4. The Kier molecular flexibility index (Phi) is 6.37. The Morgan fingerprint density at radius 2 is 1.90 bits per heavy atom. The first-order valence-electron chi connectivity index (χ1n) is 7.19. The summed E-state index contributed by atoms with van der Waals surface area (Å²) in [4.78, 5) is 25.7. The maximum absolute atomic E-state index is 12.4. The standard InChI is InChI=1S/C16H24N2O3/c1-5-15(20)18(4)14-9-7-6-8-13(14)16(21)17-12(3)11(2)10-19/h6-9,11-12,19H,5,10H2,1-4H3,(H,17,21). The van der Waals surface area contributed by atoms with Crippen molar-refractivity contribution in [3.05, 3.63) is 29.8 Å². The molecule has 2 atom stereocenters. The van der Waals surface area contributed by atoms with Gasteiger partial charge in [-0.2, -0.15) is 0 Å². The summed E-state index contributed by atoms with van der Waals surface area (Å²) in [6, 6.07) is 6.86. The first kappa shape index (κ1) is 17.2. The van der Waals surface area contributed by atoms with Crippen molar-refractivity contribution in [1.29, 1.82) is 0 Å². The molecule has 0 radical (unpaired) electrons. The van der Waals surface area contributed by atoms with Crippen molar-refractivity contribution in [2.24, 2.45) is 5.92 Å². The molecule has 0 aliphatic rings. The molecule has 0 aliphatic carbocycles. The van der Waals surface area contributed by atoms with E-state index in [2.05, 4.69) is 5.32 Å². The third-order valence-electron chi connectivity index (χ3n) is 3.69. The molecule has 116 valence electrons. The topological polar surface area (TPSA) is 69.6 Å². The Hall–Kier alpha value is -1.88. The molecule has 2 unspecified atom stereocenters. The number of benzene rings is 1. The van der Waals surface area contributed by atoms with Crippen LogP contribution in [0.3, 0.4) is 0 Å². The number of aliphatic hydroxyl groups is 1. The summed E-state index contributed by atoms with van der Waals surface area (Å²) in [5.41, 5.74) is 1.05. The monoisotopic (exact) mass is 292 g/mol. The van der Waals surface area contributed by atoms with Gasteiger partial charge < -0.3 is 15.3 Å². The first-order valence-corrected chi connectivity index (χ1v) is 7.19. The molecule has 0 bridgehead atoms. The highest BCUT2D eigenvalue weighted by molar-refractivity contribution is 6.04. The maximum Gasteiger partial charge on any atom is 0.253 e. The molecule has 0 heterocycles. The van der Waals surface area contributed by atoms with Gasteiger partial charge in [-0.05, 0) is 25.0 Å². The molecule has 0 aliphatic heterocycles. The molecule has 0 saturated heterocycles. The molecule has 0 spiro atoms. The Bertz CT molecular complexity index is 502. The van der Waals surface area contributed by atoms with E-state index in [1.54, 1.807) is 38.2 Å². The predicted molar refractivity (Wildman–Crippen MR) is 83.3 cm³/mol. The second-order valence-corrected chi connectivity index (χ2v) is 5.25.